The topological polar surface area (TPSA) is 66.0 Å². The Kier molecular flexibility index (Phi) is 3.63. The molecule has 1 aliphatic carbocycles. The van der Waals surface area contributed by atoms with Crippen LogP contribution in [0.1, 0.15) is 50.3 Å². The molecule has 1 aliphatic rings. The van der Waals surface area contributed by atoms with Crippen LogP contribution >= 0.6 is 15.9 Å². The lowest BCUT2D eigenvalue weighted by Gasteiger charge is -2.13. The molecule has 1 aromatic rings. The van der Waals surface area contributed by atoms with Gasteiger partial charge in [0.15, 0.2) is 0 Å². The summed E-state index contributed by atoms with van der Waals surface area (Å²) >= 11 is 3.00. The second-order valence-electron chi connectivity index (χ2n) is 4.28. The lowest BCUT2D eigenvalue weighted by molar-refractivity contribution is 0.436. The highest BCUT2D eigenvalue weighted by Gasteiger charge is 2.18. The number of nitrogens with one attached hydrogen (secondary N) is 1. The second-order valence-corrected chi connectivity index (χ2v) is 5.07. The molecule has 16 heavy (non-hydrogen) atoms. The van der Waals surface area contributed by atoms with Crippen molar-refractivity contribution in [2.45, 2.75) is 44.4 Å². The first-order chi connectivity index (χ1) is 7.68. The zero-order chi connectivity index (χ0) is 11.5. The number of halogens is 1. The zero-order valence-corrected chi connectivity index (χ0v) is 10.6. The molecule has 0 unspecified atom stereocenters. The van der Waals surface area contributed by atoms with Crippen LogP contribution in [0, 0.1) is 0 Å². The summed E-state index contributed by atoms with van der Waals surface area (Å²) in [6.07, 6.45) is 6.94. The minimum absolute atomic E-state index is 0.116. The van der Waals surface area contributed by atoms with Crippen LogP contribution in [0.3, 0.4) is 0 Å². The molecule has 4 nitrogen and oxygen atoms in total. The Morgan fingerprint density at radius 1 is 1.25 bits per heavy atom. The number of hydrogen-bond acceptors (Lipinski definition) is 3. The quantitative estimate of drug-likeness (QED) is 0.780. The van der Waals surface area contributed by atoms with Crippen molar-refractivity contribution in [3.8, 4) is 5.88 Å². The number of rotatable bonds is 1. The van der Waals surface area contributed by atoms with Gasteiger partial charge in [0.1, 0.15) is 10.3 Å². The van der Waals surface area contributed by atoms with Crippen molar-refractivity contribution in [1.82, 2.24) is 9.97 Å². The van der Waals surface area contributed by atoms with E-state index in [1.54, 1.807) is 0 Å². The Labute approximate surface area is 102 Å². The van der Waals surface area contributed by atoms with Crippen molar-refractivity contribution < 1.29 is 5.11 Å². The highest BCUT2D eigenvalue weighted by Crippen LogP contribution is 2.30. The Morgan fingerprint density at radius 2 is 1.88 bits per heavy atom. The van der Waals surface area contributed by atoms with Crippen molar-refractivity contribution in [1.29, 1.82) is 0 Å². The van der Waals surface area contributed by atoms with Gasteiger partial charge in [-0.3, -0.25) is 4.79 Å². The number of H-pyrrole nitrogens is 1. The molecule has 0 amide bonds. The van der Waals surface area contributed by atoms with Crippen LogP contribution in [-0.4, -0.2) is 15.1 Å². The molecule has 2 N–H and O–H groups in total. The van der Waals surface area contributed by atoms with Crippen LogP contribution in [-0.2, 0) is 0 Å². The summed E-state index contributed by atoms with van der Waals surface area (Å²) in [5.74, 6) is 0.713. The summed E-state index contributed by atoms with van der Waals surface area (Å²) in [5, 5.41) is 9.50. The van der Waals surface area contributed by atoms with Gasteiger partial charge in [-0.1, -0.05) is 25.7 Å². The Hall–Kier alpha value is -0.840. The van der Waals surface area contributed by atoms with Gasteiger partial charge in [-0.25, -0.2) is 0 Å². The Bertz CT molecular complexity index is 422. The molecule has 1 fully saturated rings. The first kappa shape index (κ1) is 11.6. The molecular formula is C11H15BrN2O2. The van der Waals surface area contributed by atoms with Crippen LogP contribution in [0.5, 0.6) is 5.88 Å². The van der Waals surface area contributed by atoms with Crippen LogP contribution in [0.4, 0.5) is 0 Å². The molecule has 0 spiro atoms. The standard InChI is InChI=1S/C11H15BrN2O2/c12-8-10(15)13-9(14-11(8)16)7-5-3-1-2-4-6-7/h7H,1-6H2,(H2,13,14,15,16). The van der Waals surface area contributed by atoms with Gasteiger partial charge in [0.2, 0.25) is 5.88 Å². The molecule has 5 heteroatoms. The maximum atomic E-state index is 11.5. The van der Waals surface area contributed by atoms with Gasteiger partial charge in [0, 0.05) is 5.92 Å². The molecule has 88 valence electrons. The van der Waals surface area contributed by atoms with Crippen LogP contribution in [0.25, 0.3) is 0 Å². The van der Waals surface area contributed by atoms with Crippen LogP contribution < -0.4 is 5.56 Å². The summed E-state index contributed by atoms with van der Waals surface area (Å²) in [5.41, 5.74) is -0.299. The molecule has 0 bridgehead atoms. The van der Waals surface area contributed by atoms with E-state index in [0.717, 1.165) is 12.8 Å². The molecule has 0 saturated heterocycles. The van der Waals surface area contributed by atoms with Crippen molar-refractivity contribution >= 4 is 15.9 Å². The van der Waals surface area contributed by atoms with E-state index >= 15 is 0 Å². The van der Waals surface area contributed by atoms with Gasteiger partial charge >= 0.3 is 0 Å². The van der Waals surface area contributed by atoms with Crippen LogP contribution in [0.2, 0.25) is 0 Å². The molecule has 1 aromatic heterocycles. The van der Waals surface area contributed by atoms with Gasteiger partial charge < -0.3 is 10.1 Å². The smallest absolute Gasteiger partial charge is 0.269 e. The number of aromatic nitrogens is 2. The first-order valence-corrected chi connectivity index (χ1v) is 6.46. The number of nitrogens with zero attached hydrogens (tertiary/aromatic N) is 1. The van der Waals surface area contributed by atoms with Crippen molar-refractivity contribution in [2.75, 3.05) is 0 Å². The first-order valence-electron chi connectivity index (χ1n) is 5.67. The third-order valence-corrected chi connectivity index (χ3v) is 3.82. The van der Waals surface area contributed by atoms with Gasteiger partial charge in [0.05, 0.1) is 0 Å². The fourth-order valence-electron chi connectivity index (χ4n) is 2.21. The van der Waals surface area contributed by atoms with Gasteiger partial charge in [-0.15, -0.1) is 0 Å². The average Bonchev–Trinajstić information content (AvgIpc) is 2.53. The number of aromatic hydroxyl groups is 1. The molecule has 0 atom stereocenters. The molecule has 0 aliphatic heterocycles. The molecule has 1 saturated carbocycles. The fraction of sp³-hybridized carbons (Fsp3) is 0.636. The van der Waals surface area contributed by atoms with E-state index in [1.807, 2.05) is 0 Å². The van der Waals surface area contributed by atoms with E-state index in [0.29, 0.717) is 5.82 Å². The predicted molar refractivity (Wildman–Crippen MR) is 64.7 cm³/mol. The monoisotopic (exact) mass is 286 g/mol. The molecule has 2 rings (SSSR count). The largest absolute Gasteiger partial charge is 0.492 e. The highest BCUT2D eigenvalue weighted by molar-refractivity contribution is 9.10. The lowest BCUT2D eigenvalue weighted by Crippen LogP contribution is -2.15. The maximum Gasteiger partial charge on any atom is 0.269 e. The zero-order valence-electron chi connectivity index (χ0n) is 9.00. The summed E-state index contributed by atoms with van der Waals surface area (Å²) < 4.78 is 0.116. The van der Waals surface area contributed by atoms with Crippen molar-refractivity contribution in [2.24, 2.45) is 0 Å². The number of aromatic amines is 1. The Balaban J connectivity index is 2.28. The normalized spacial score (nSPS) is 18.3. The summed E-state index contributed by atoms with van der Waals surface area (Å²) in [7, 11) is 0. The van der Waals surface area contributed by atoms with Gasteiger partial charge in [-0.05, 0) is 28.8 Å². The average molecular weight is 287 g/mol. The Morgan fingerprint density at radius 3 is 2.44 bits per heavy atom. The molecule has 0 aromatic carbocycles. The minimum Gasteiger partial charge on any atom is -0.492 e. The molecular weight excluding hydrogens is 272 g/mol. The van der Waals surface area contributed by atoms with Gasteiger partial charge in [-0.2, -0.15) is 4.98 Å². The summed E-state index contributed by atoms with van der Waals surface area (Å²) in [4.78, 5) is 18.3. The van der Waals surface area contributed by atoms with E-state index in [1.165, 1.54) is 25.7 Å². The van der Waals surface area contributed by atoms with E-state index in [9.17, 15) is 9.90 Å². The molecule has 1 heterocycles. The van der Waals surface area contributed by atoms with E-state index in [-0.39, 0.29) is 21.8 Å². The van der Waals surface area contributed by atoms with Crippen molar-refractivity contribution in [3.63, 3.8) is 0 Å². The fourth-order valence-corrected chi connectivity index (χ4v) is 2.40. The minimum atomic E-state index is -0.299. The van der Waals surface area contributed by atoms with Crippen LogP contribution in [0.15, 0.2) is 9.27 Å². The third kappa shape index (κ3) is 2.45. The SMILES string of the molecule is O=c1[nH]c(C2CCCCCC2)nc(O)c1Br. The van der Waals surface area contributed by atoms with E-state index < -0.39 is 0 Å². The second kappa shape index (κ2) is 4.99. The van der Waals surface area contributed by atoms with Gasteiger partial charge in [0.25, 0.3) is 5.56 Å². The maximum absolute atomic E-state index is 11.5. The predicted octanol–water partition coefficient (Wildman–Crippen LogP) is 2.68. The summed E-state index contributed by atoms with van der Waals surface area (Å²) in [6.45, 7) is 0. The van der Waals surface area contributed by atoms with Crippen molar-refractivity contribution in [3.05, 3.63) is 20.7 Å². The summed E-state index contributed by atoms with van der Waals surface area (Å²) in [6, 6.07) is 0. The number of hydrogen-bond donors (Lipinski definition) is 2. The van der Waals surface area contributed by atoms with E-state index in [4.69, 9.17) is 0 Å². The molecule has 0 radical (unpaired) electrons. The highest BCUT2D eigenvalue weighted by atomic mass is 79.9. The van der Waals surface area contributed by atoms with E-state index in [2.05, 4.69) is 25.9 Å². The third-order valence-electron chi connectivity index (χ3n) is 3.11. The lowest BCUT2D eigenvalue weighted by atomic mass is 10.00.